The van der Waals surface area contributed by atoms with Crippen LogP contribution in [-0.4, -0.2) is 85.4 Å². The van der Waals surface area contributed by atoms with Gasteiger partial charge in [-0.25, -0.2) is 4.79 Å². The van der Waals surface area contributed by atoms with Gasteiger partial charge in [0.05, 0.1) is 48.8 Å². The maximum Gasteiger partial charge on any atom is 0.333 e. The molecule has 1 aromatic heterocycles. The van der Waals surface area contributed by atoms with Crippen molar-refractivity contribution in [2.24, 2.45) is 4.99 Å². The highest BCUT2D eigenvalue weighted by atomic mass is 16.7. The van der Waals surface area contributed by atoms with Gasteiger partial charge in [-0.3, -0.25) is 19.5 Å². The number of nitrogens with zero attached hydrogens (tertiary/aromatic N) is 5. The molecule has 16 heteroatoms. The summed E-state index contributed by atoms with van der Waals surface area (Å²) in [5.41, 5.74) is 8.45. The van der Waals surface area contributed by atoms with Gasteiger partial charge >= 0.3 is 5.97 Å². The molecule has 2 atom stereocenters. The van der Waals surface area contributed by atoms with E-state index in [-0.39, 0.29) is 43.5 Å². The van der Waals surface area contributed by atoms with Gasteiger partial charge in [0.25, 0.3) is 11.8 Å². The van der Waals surface area contributed by atoms with Crippen molar-refractivity contribution in [1.82, 2.24) is 4.73 Å². The van der Waals surface area contributed by atoms with Crippen LogP contribution in [0.15, 0.2) is 108 Å². The number of hydrogen-bond donors (Lipinski definition) is 3. The van der Waals surface area contributed by atoms with Gasteiger partial charge in [0.2, 0.25) is 11.8 Å². The highest BCUT2D eigenvalue weighted by molar-refractivity contribution is 6.15. The van der Waals surface area contributed by atoms with Crippen molar-refractivity contribution < 1.29 is 48.4 Å². The molecule has 6 aromatic rings. The Morgan fingerprint density at radius 2 is 1.36 bits per heavy atom. The minimum absolute atomic E-state index is 0.00791. The molecular weight excluding hydrogens is 857 g/mol. The number of fused-ring (bicyclic) bond motifs is 8. The van der Waals surface area contributed by atoms with E-state index < -0.39 is 17.7 Å². The Morgan fingerprint density at radius 1 is 0.746 bits per heavy atom. The molecule has 5 aromatic carbocycles. The highest BCUT2D eigenvalue weighted by Gasteiger charge is 2.39. The number of methoxy groups -OCH3 is 2. The number of rotatable bonds is 14. The van der Waals surface area contributed by atoms with Crippen molar-refractivity contribution in [1.29, 1.82) is 0 Å². The number of para-hydroxylation sites is 2. The van der Waals surface area contributed by atoms with E-state index >= 15 is 0 Å². The maximum atomic E-state index is 14.1. The predicted octanol–water partition coefficient (Wildman–Crippen LogP) is 7.23. The molecule has 16 nitrogen and oxygen atoms in total. The first-order valence-corrected chi connectivity index (χ1v) is 22.0. The van der Waals surface area contributed by atoms with E-state index in [1.165, 1.54) is 19.2 Å². The third-order valence-electron chi connectivity index (χ3n) is 12.6. The number of nitrogens with one attached hydrogen (secondary N) is 1. The van der Waals surface area contributed by atoms with E-state index in [0.717, 1.165) is 45.7 Å². The number of carbonyl (C=O) groups is 3. The second kappa shape index (κ2) is 17.7. The van der Waals surface area contributed by atoms with E-state index in [1.54, 1.807) is 30.2 Å². The summed E-state index contributed by atoms with van der Waals surface area (Å²) >= 11 is 0. The third kappa shape index (κ3) is 8.15. The number of anilines is 4. The lowest BCUT2D eigenvalue weighted by molar-refractivity contribution is -0.145. The minimum Gasteiger partial charge on any atom is -0.493 e. The molecule has 10 rings (SSSR count). The Morgan fingerprint density at radius 3 is 2.04 bits per heavy atom. The van der Waals surface area contributed by atoms with E-state index in [2.05, 4.69) is 11.4 Å². The van der Waals surface area contributed by atoms with Gasteiger partial charge in [-0.15, -0.1) is 4.73 Å². The van der Waals surface area contributed by atoms with E-state index in [1.807, 2.05) is 89.8 Å². The fourth-order valence-electron chi connectivity index (χ4n) is 9.29. The number of aliphatic imine (C=N–C) groups is 1. The molecule has 0 spiro atoms. The van der Waals surface area contributed by atoms with Gasteiger partial charge in [-0.1, -0.05) is 36.4 Å². The first kappa shape index (κ1) is 42.8. The normalized spacial score (nSPS) is 16.3. The van der Waals surface area contributed by atoms with Gasteiger partial charge in [-0.2, -0.15) is 0 Å². The summed E-state index contributed by atoms with van der Waals surface area (Å²) in [5, 5.41) is 23.3. The van der Waals surface area contributed by atoms with Crippen LogP contribution in [0.2, 0.25) is 0 Å². The van der Waals surface area contributed by atoms with Gasteiger partial charge in [-0.05, 0) is 77.6 Å². The Balaban J connectivity index is 0.897. The molecule has 0 fully saturated rings. The molecule has 4 aliphatic rings. The molecular formula is C51H48N6O10. The lowest BCUT2D eigenvalue weighted by atomic mass is 10.1. The van der Waals surface area contributed by atoms with Gasteiger partial charge in [0.15, 0.2) is 23.0 Å². The lowest BCUT2D eigenvalue weighted by Gasteiger charge is -2.23. The number of carbonyl (C=O) groups excluding carboxylic acids is 3. The van der Waals surface area contributed by atoms with Crippen molar-refractivity contribution in [2.75, 3.05) is 54.4 Å². The lowest BCUT2D eigenvalue weighted by Crippen LogP contribution is -2.39. The summed E-state index contributed by atoms with van der Waals surface area (Å²) in [6, 6.07) is 31.0. The molecule has 5 heterocycles. The van der Waals surface area contributed by atoms with Crippen LogP contribution in [0.4, 0.5) is 28.4 Å². The quantitative estimate of drug-likeness (QED) is 0.100. The van der Waals surface area contributed by atoms with Gasteiger partial charge < -0.3 is 49.1 Å². The average molecular weight is 905 g/mol. The summed E-state index contributed by atoms with van der Waals surface area (Å²) in [6.07, 6.45) is 3.65. The van der Waals surface area contributed by atoms with Crippen molar-refractivity contribution in [2.45, 2.75) is 51.0 Å². The first-order valence-electron chi connectivity index (χ1n) is 22.0. The van der Waals surface area contributed by atoms with Crippen LogP contribution >= 0.6 is 0 Å². The molecule has 0 aliphatic carbocycles. The van der Waals surface area contributed by atoms with Crippen LogP contribution in [0.3, 0.4) is 0 Å². The number of benzene rings is 5. The number of hydrogen-bond acceptors (Lipinski definition) is 13. The largest absolute Gasteiger partial charge is 0.493 e. The molecule has 67 heavy (non-hydrogen) atoms. The number of amides is 2. The Labute approximate surface area is 386 Å². The second-order valence-corrected chi connectivity index (χ2v) is 16.9. The second-order valence-electron chi connectivity index (χ2n) is 16.9. The van der Waals surface area contributed by atoms with Crippen LogP contribution in [-0.2, 0) is 30.8 Å². The molecule has 0 saturated carbocycles. The predicted molar refractivity (Wildman–Crippen MR) is 251 cm³/mol. The van der Waals surface area contributed by atoms with Crippen LogP contribution in [0.5, 0.6) is 34.8 Å². The van der Waals surface area contributed by atoms with E-state index in [9.17, 15) is 24.6 Å². The highest BCUT2D eigenvalue weighted by Crippen LogP contribution is 2.43. The van der Waals surface area contributed by atoms with Crippen molar-refractivity contribution in [3.05, 3.63) is 137 Å². The topological polar surface area (TPSA) is 177 Å². The Kier molecular flexibility index (Phi) is 11.3. The molecule has 0 unspecified atom stereocenters. The Hall–Kier alpha value is -8.14. The van der Waals surface area contributed by atoms with Crippen LogP contribution in [0.25, 0.3) is 0 Å². The molecule has 0 bridgehead atoms. The molecule has 342 valence electrons. The SMILES string of the molecule is COc1cc2c(cc1OCc1cc(COc3cc4c(cc3OC)C(=O)N3c5ccccc5C[C@H]3CN4)cc(N(C)CCCC(=O)On3c(O)ccc3O)c1)N=C[C@@H]1Cc3ccccc3N1C2=O. The van der Waals surface area contributed by atoms with E-state index in [4.69, 9.17) is 28.8 Å². The van der Waals surface area contributed by atoms with Crippen LogP contribution in [0.1, 0.15) is 55.8 Å². The van der Waals surface area contributed by atoms with Crippen LogP contribution < -0.4 is 43.8 Å². The summed E-state index contributed by atoms with van der Waals surface area (Å²) in [7, 11) is 4.97. The molecule has 4 aliphatic heterocycles. The standard InChI is InChI=1S/C51H48N6O10/c1-54(16-8-13-49(60)67-57-47(58)14-15-48(57)59)34-18-30(28-65-45-24-39-37(22-43(45)63-2)50(61)55-35(26-52-39)20-32-9-4-6-11-41(32)55)17-31(19-34)29-66-46-25-40-38(23-44(46)64-3)51(62)56-36(27-53-40)21-33-10-5-7-12-42(33)56/h4-7,9-12,14-15,17-19,22-26,35-36,53,58-59H,8,13,16,20-21,27-29H2,1-3H3/t35-,36-/m0/s1. The van der Waals surface area contributed by atoms with Crippen LogP contribution in [0, 0.1) is 0 Å². The summed E-state index contributed by atoms with van der Waals surface area (Å²) in [4.78, 5) is 56.3. The van der Waals surface area contributed by atoms with Gasteiger partial charge in [0, 0.05) is 80.5 Å². The van der Waals surface area contributed by atoms with E-state index in [0.29, 0.717) is 76.2 Å². The summed E-state index contributed by atoms with van der Waals surface area (Å²) < 4.78 is 25.2. The number of aromatic nitrogens is 1. The van der Waals surface area contributed by atoms with Crippen molar-refractivity contribution in [3.8, 4) is 34.8 Å². The maximum absolute atomic E-state index is 14.1. The fraction of sp³-hybridized carbons (Fsp3) is 0.255. The zero-order valence-corrected chi connectivity index (χ0v) is 37.1. The third-order valence-corrected chi connectivity index (χ3v) is 12.6. The fourth-order valence-corrected chi connectivity index (χ4v) is 9.29. The van der Waals surface area contributed by atoms with Crippen molar-refractivity contribution in [3.63, 3.8) is 0 Å². The smallest absolute Gasteiger partial charge is 0.333 e. The monoisotopic (exact) mass is 904 g/mol. The van der Waals surface area contributed by atoms with Crippen molar-refractivity contribution >= 4 is 52.4 Å². The number of ether oxygens (including phenoxy) is 4. The summed E-state index contributed by atoms with van der Waals surface area (Å²) in [6.45, 7) is 1.24. The molecule has 0 saturated heterocycles. The molecule has 0 radical (unpaired) electrons. The minimum atomic E-state index is -0.631. The molecule has 3 N–H and O–H groups in total. The molecule has 2 amide bonds. The van der Waals surface area contributed by atoms with Gasteiger partial charge in [0.1, 0.15) is 13.2 Å². The Bertz CT molecular complexity index is 2950. The first-order chi connectivity index (χ1) is 32.6. The summed E-state index contributed by atoms with van der Waals surface area (Å²) in [5.74, 6) is -0.0472. The zero-order chi connectivity index (χ0) is 46.3. The zero-order valence-electron chi connectivity index (χ0n) is 37.1. The number of aromatic hydroxyl groups is 2. The average Bonchev–Trinajstić information content (AvgIpc) is 3.96.